The van der Waals surface area contributed by atoms with Crippen molar-refractivity contribution < 1.29 is 46.5 Å². The van der Waals surface area contributed by atoms with Crippen LogP contribution in [0.1, 0.15) is 18.2 Å². The summed E-state index contributed by atoms with van der Waals surface area (Å²) in [5.74, 6) is 0. The molecular weight excluding hydrogens is 475 g/mol. The molecule has 20 heteroatoms. The number of phosphoric acid groups is 1. The number of hydrogen-bond donors (Lipinski definition) is 4. The highest BCUT2D eigenvalue weighted by Crippen LogP contribution is 2.57. The van der Waals surface area contributed by atoms with Crippen molar-refractivity contribution >= 4 is 24.3 Å². The highest BCUT2D eigenvalue weighted by molar-refractivity contribution is 7.61. The van der Waals surface area contributed by atoms with Crippen molar-refractivity contribution in [3.63, 3.8) is 0 Å². The van der Waals surface area contributed by atoms with E-state index in [4.69, 9.17) is 20.1 Å². The van der Waals surface area contributed by atoms with Crippen LogP contribution in [-0.4, -0.2) is 42.9 Å². The van der Waals surface area contributed by atoms with E-state index >= 15 is 0 Å². The Balaban J connectivity index is 2.19. The van der Waals surface area contributed by atoms with E-state index in [1.165, 1.54) is 6.92 Å². The van der Waals surface area contributed by atoms with Crippen LogP contribution in [0.3, 0.4) is 0 Å². The van der Waals surface area contributed by atoms with Crippen LogP contribution in [0, 0.1) is 6.92 Å². The molecule has 1 aromatic heterocycles. The quantitative estimate of drug-likeness (QED) is 0.161. The van der Waals surface area contributed by atoms with E-state index in [0.717, 1.165) is 10.8 Å². The third-order valence-electron chi connectivity index (χ3n) is 3.68. The Morgan fingerprint density at radius 1 is 1.50 bits per heavy atom. The molecule has 1 saturated heterocycles. The summed E-state index contributed by atoms with van der Waals surface area (Å²) >= 11 is 0. The molecule has 1 aromatic rings. The standard InChI is InChI=1S/C10H12N5O12P3/c1-5-3-15(9(18)12-8(5)17)7-2-6(16)10(25-7,13-14-11)4-24-29(21)27-30(22,23)26-28(19)20/h3,6-7,16H,2,4H2,1H3,(H-2,12,17,18,19,20,22,23)/p+2/t6-,7+,10+/m0/s1. The van der Waals surface area contributed by atoms with Crippen molar-refractivity contribution in [3.8, 4) is 0 Å². The van der Waals surface area contributed by atoms with Gasteiger partial charge in [-0.25, -0.2) is 9.36 Å². The minimum atomic E-state index is -5.22. The summed E-state index contributed by atoms with van der Waals surface area (Å²) in [7, 11) is -12.3. The first kappa shape index (κ1) is 24.4. The number of ether oxygens (including phenoxy) is 1. The first-order valence-corrected chi connectivity index (χ1v) is 11.3. The number of hydrogen-bond acceptors (Lipinski definition) is 11. The Bertz CT molecular complexity index is 1070. The molecule has 0 amide bonds. The lowest BCUT2D eigenvalue weighted by Gasteiger charge is -2.24. The molecule has 17 nitrogen and oxygen atoms in total. The molecule has 4 N–H and O–H groups in total. The van der Waals surface area contributed by atoms with Gasteiger partial charge in [0, 0.05) is 40.8 Å². The molecule has 3 unspecified atom stereocenters. The van der Waals surface area contributed by atoms with E-state index in [-0.39, 0.29) is 12.0 Å². The number of aromatic nitrogens is 2. The zero-order valence-corrected chi connectivity index (χ0v) is 17.5. The maximum absolute atomic E-state index is 12.0. The van der Waals surface area contributed by atoms with E-state index in [1.807, 2.05) is 4.98 Å². The summed E-state index contributed by atoms with van der Waals surface area (Å²) < 4.78 is 52.0. The van der Waals surface area contributed by atoms with E-state index < -0.39 is 60.2 Å². The Kier molecular flexibility index (Phi) is 7.74. The summed E-state index contributed by atoms with van der Waals surface area (Å²) in [4.78, 5) is 45.5. The molecule has 30 heavy (non-hydrogen) atoms. The van der Waals surface area contributed by atoms with E-state index in [2.05, 4.69) is 23.2 Å². The van der Waals surface area contributed by atoms with Gasteiger partial charge in [0.2, 0.25) is 5.72 Å². The van der Waals surface area contributed by atoms with Gasteiger partial charge in [0.1, 0.15) is 12.8 Å². The van der Waals surface area contributed by atoms with Crippen LogP contribution >= 0.6 is 24.3 Å². The second kappa shape index (κ2) is 9.52. The summed E-state index contributed by atoms with van der Waals surface area (Å²) in [5.41, 5.74) is 5.16. The number of aromatic amines is 1. The molecular formula is C10H14N5O12P3+2. The van der Waals surface area contributed by atoms with Gasteiger partial charge < -0.3 is 9.84 Å². The van der Waals surface area contributed by atoms with Crippen LogP contribution in [0.2, 0.25) is 0 Å². The van der Waals surface area contributed by atoms with Gasteiger partial charge in [-0.15, -0.1) is 9.42 Å². The second-order valence-corrected chi connectivity index (χ2v) is 9.13. The van der Waals surface area contributed by atoms with E-state index in [1.54, 1.807) is 0 Å². The Morgan fingerprint density at radius 2 is 2.17 bits per heavy atom. The van der Waals surface area contributed by atoms with Crippen molar-refractivity contribution in [2.75, 3.05) is 6.61 Å². The molecule has 2 heterocycles. The number of aryl methyl sites for hydroxylation is 1. The number of aliphatic hydroxyl groups excluding tert-OH is 1. The number of aliphatic hydroxyl groups is 1. The average Bonchev–Trinajstić information content (AvgIpc) is 2.91. The van der Waals surface area contributed by atoms with Gasteiger partial charge >= 0.3 is 30.0 Å². The summed E-state index contributed by atoms with van der Waals surface area (Å²) in [6.07, 6.45) is -2.02. The van der Waals surface area contributed by atoms with Crippen LogP contribution < -0.4 is 11.2 Å². The normalized spacial score (nSPS) is 26.5. The van der Waals surface area contributed by atoms with Crippen LogP contribution in [0.15, 0.2) is 20.9 Å². The van der Waals surface area contributed by atoms with Crippen molar-refractivity contribution in [2.24, 2.45) is 5.11 Å². The molecule has 0 bridgehead atoms. The van der Waals surface area contributed by atoms with Crippen LogP contribution in [0.25, 0.3) is 10.4 Å². The Morgan fingerprint density at radius 3 is 2.77 bits per heavy atom. The van der Waals surface area contributed by atoms with Crippen molar-refractivity contribution in [2.45, 2.75) is 31.4 Å². The third-order valence-corrected chi connectivity index (χ3v) is 6.76. The van der Waals surface area contributed by atoms with Gasteiger partial charge in [-0.1, -0.05) is 5.11 Å². The average molecular weight is 489 g/mol. The summed E-state index contributed by atoms with van der Waals surface area (Å²) in [6.45, 7) is 0.424. The smallest absolute Gasteiger partial charge is 0.390 e. The molecule has 1 aliphatic rings. The highest BCUT2D eigenvalue weighted by atomic mass is 31.3. The fourth-order valence-electron chi connectivity index (χ4n) is 2.39. The topological polar surface area (TPSA) is 252 Å². The van der Waals surface area contributed by atoms with Gasteiger partial charge in [-0.2, -0.15) is 0 Å². The highest BCUT2D eigenvalue weighted by Gasteiger charge is 2.53. The Hall–Kier alpha value is -1.86. The zero-order chi connectivity index (χ0) is 22.7. The molecule has 0 radical (unpaired) electrons. The molecule has 0 aliphatic carbocycles. The third kappa shape index (κ3) is 5.85. The molecule has 6 atom stereocenters. The number of nitrogens with one attached hydrogen (secondary N) is 1. The number of nitrogens with zero attached hydrogens (tertiary/aromatic N) is 4. The molecule has 2 rings (SSSR count). The molecule has 164 valence electrons. The van der Waals surface area contributed by atoms with Crippen LogP contribution in [0.4, 0.5) is 0 Å². The predicted octanol–water partition coefficient (Wildman–Crippen LogP) is 0.589. The number of azide groups is 1. The summed E-state index contributed by atoms with van der Waals surface area (Å²) in [5, 5.41) is 13.5. The van der Waals surface area contributed by atoms with E-state index in [0.29, 0.717) is 0 Å². The maximum Gasteiger partial charge on any atom is 0.708 e. The molecule has 1 aliphatic heterocycles. The lowest BCUT2D eigenvalue weighted by molar-refractivity contribution is -0.119. The molecule has 0 aromatic carbocycles. The SMILES string of the molecule is Cc1cn([C@H]2C[C@H](O)[C@](CO[P+](=O)OP(=O)(O)O[P+](=O)O)(N=[N+]=[N-])O2)c(=O)[nH]c1=O. The van der Waals surface area contributed by atoms with Crippen LogP contribution in [-0.2, 0) is 31.6 Å². The predicted molar refractivity (Wildman–Crippen MR) is 94.1 cm³/mol. The number of H-pyrrole nitrogens is 1. The minimum Gasteiger partial charge on any atom is -0.390 e. The van der Waals surface area contributed by atoms with Gasteiger partial charge in [0.25, 0.3) is 5.56 Å². The Labute approximate surface area is 167 Å². The monoisotopic (exact) mass is 489 g/mol. The van der Waals surface area contributed by atoms with Crippen molar-refractivity contribution in [1.82, 2.24) is 9.55 Å². The summed E-state index contributed by atoms with van der Waals surface area (Å²) in [6, 6.07) is 0. The largest absolute Gasteiger partial charge is 0.708 e. The van der Waals surface area contributed by atoms with Crippen molar-refractivity contribution in [3.05, 3.63) is 43.0 Å². The number of rotatable bonds is 9. The second-order valence-electron chi connectivity index (χ2n) is 5.70. The van der Waals surface area contributed by atoms with E-state index in [9.17, 15) is 28.4 Å². The molecule has 1 fully saturated rings. The first-order valence-electron chi connectivity index (χ1n) is 7.62. The molecule has 0 saturated carbocycles. The lowest BCUT2D eigenvalue weighted by Crippen LogP contribution is -2.41. The first-order chi connectivity index (χ1) is 13.9. The van der Waals surface area contributed by atoms with Crippen LogP contribution in [0.5, 0.6) is 0 Å². The maximum atomic E-state index is 12.0. The van der Waals surface area contributed by atoms with Gasteiger partial charge in [-0.3, -0.25) is 19.2 Å². The van der Waals surface area contributed by atoms with Gasteiger partial charge in [-0.05, 0) is 12.5 Å². The molecule has 0 spiro atoms. The fourth-order valence-corrected chi connectivity index (χ4v) is 4.64. The lowest BCUT2D eigenvalue weighted by atomic mass is 10.1. The van der Waals surface area contributed by atoms with Crippen molar-refractivity contribution in [1.29, 1.82) is 0 Å². The minimum absolute atomic E-state index is 0.141. The van der Waals surface area contributed by atoms with Gasteiger partial charge in [0.05, 0.1) is 6.10 Å². The van der Waals surface area contributed by atoms with Gasteiger partial charge in [0.15, 0.2) is 0 Å². The fraction of sp³-hybridized carbons (Fsp3) is 0.600. The zero-order valence-electron chi connectivity index (χ0n) is 14.8.